The van der Waals surface area contributed by atoms with Gasteiger partial charge in [-0.25, -0.2) is 18.0 Å². The van der Waals surface area contributed by atoms with E-state index in [9.17, 15) is 50.8 Å². The largest absolute Gasteiger partial charge is 0.744 e. The molecule has 0 saturated carbocycles. The van der Waals surface area contributed by atoms with Crippen molar-refractivity contribution in [2.45, 2.75) is 15.4 Å². The van der Waals surface area contributed by atoms with Gasteiger partial charge in [-0.3, -0.25) is 4.55 Å². The lowest BCUT2D eigenvalue weighted by Crippen LogP contribution is -2.34. The fraction of sp³-hybridized carbons (Fsp3) is 0.0476. The van der Waals surface area contributed by atoms with Crippen LogP contribution >= 0.6 is 0 Å². The Kier molecular flexibility index (Phi) is 4.69. The van der Waals surface area contributed by atoms with Crippen LogP contribution < -0.4 is 4.74 Å². The highest BCUT2D eigenvalue weighted by molar-refractivity contribution is 7.86. The molecule has 186 valence electrons. The zero-order valence-corrected chi connectivity index (χ0v) is 19.0. The minimum absolute atomic E-state index is 0.102. The molecule has 2 heterocycles. The fourth-order valence-corrected chi connectivity index (χ4v) is 5.82. The minimum atomic E-state index is -5.51. The van der Waals surface area contributed by atoms with Crippen LogP contribution in [0.15, 0.2) is 52.3 Å². The molecule has 0 bridgehead atoms. The van der Waals surface area contributed by atoms with E-state index in [0.717, 1.165) is 42.5 Å². The van der Waals surface area contributed by atoms with E-state index in [1.54, 1.807) is 0 Å². The predicted molar refractivity (Wildman–Crippen MR) is 113 cm³/mol. The van der Waals surface area contributed by atoms with Crippen LogP contribution in [0.3, 0.4) is 0 Å². The van der Waals surface area contributed by atoms with E-state index in [1.165, 1.54) is 0 Å². The Morgan fingerprint density at radius 2 is 1.39 bits per heavy atom. The van der Waals surface area contributed by atoms with Gasteiger partial charge >= 0.3 is 22.1 Å². The molecule has 2 aliphatic heterocycles. The highest BCUT2D eigenvalue weighted by Gasteiger charge is 2.56. The molecule has 2 aliphatic rings. The van der Waals surface area contributed by atoms with Gasteiger partial charge in [0.1, 0.15) is 26.5 Å². The number of aromatic carboxylic acids is 1. The first kappa shape index (κ1) is 23.6. The molecule has 0 aliphatic carbocycles. The van der Waals surface area contributed by atoms with Crippen LogP contribution in [0.4, 0.5) is 0 Å². The first-order valence-electron chi connectivity index (χ1n) is 9.63. The lowest BCUT2D eigenvalue weighted by molar-refractivity contribution is 0.0220. The maximum absolute atomic E-state index is 12.9. The maximum atomic E-state index is 12.9. The van der Waals surface area contributed by atoms with Crippen molar-refractivity contribution in [3.8, 4) is 23.0 Å². The number of fused-ring (bicyclic) bond motifs is 6. The van der Waals surface area contributed by atoms with Crippen molar-refractivity contribution in [3.63, 3.8) is 0 Å². The summed E-state index contributed by atoms with van der Waals surface area (Å²) in [6.07, 6.45) is 0. The van der Waals surface area contributed by atoms with Gasteiger partial charge in [-0.1, -0.05) is 6.07 Å². The molecular formula is C21H11O13S2-. The molecule has 0 amide bonds. The van der Waals surface area contributed by atoms with Crippen molar-refractivity contribution in [3.05, 3.63) is 70.3 Å². The quantitative estimate of drug-likeness (QED) is 0.276. The Labute approximate surface area is 201 Å². The van der Waals surface area contributed by atoms with E-state index in [0.29, 0.717) is 0 Å². The van der Waals surface area contributed by atoms with Gasteiger partial charge in [-0.15, -0.1) is 0 Å². The third kappa shape index (κ3) is 3.07. The van der Waals surface area contributed by atoms with E-state index in [2.05, 4.69) is 0 Å². The smallest absolute Gasteiger partial charge is 0.340 e. The van der Waals surface area contributed by atoms with Crippen molar-refractivity contribution in [2.75, 3.05) is 0 Å². The zero-order valence-electron chi connectivity index (χ0n) is 17.3. The van der Waals surface area contributed by atoms with Crippen molar-refractivity contribution in [1.29, 1.82) is 0 Å². The van der Waals surface area contributed by atoms with Gasteiger partial charge in [-0.2, -0.15) is 8.42 Å². The molecule has 0 fully saturated rings. The molecule has 5 rings (SSSR count). The van der Waals surface area contributed by atoms with Gasteiger partial charge < -0.3 is 29.3 Å². The van der Waals surface area contributed by atoms with Gasteiger partial charge in [0.15, 0.2) is 22.0 Å². The van der Waals surface area contributed by atoms with Crippen LogP contribution in [-0.2, 0) is 30.6 Å². The highest BCUT2D eigenvalue weighted by Crippen LogP contribution is 2.60. The molecule has 3 aromatic rings. The van der Waals surface area contributed by atoms with Crippen molar-refractivity contribution < 1.29 is 60.3 Å². The third-order valence-electron chi connectivity index (χ3n) is 5.76. The zero-order chi connectivity index (χ0) is 26.4. The number of hydrogen-bond donors (Lipinski definition) is 4. The summed E-state index contributed by atoms with van der Waals surface area (Å²) in [4.78, 5) is 21.8. The van der Waals surface area contributed by atoms with Gasteiger partial charge in [0.05, 0.1) is 11.1 Å². The van der Waals surface area contributed by atoms with Crippen molar-refractivity contribution >= 4 is 32.2 Å². The van der Waals surface area contributed by atoms with E-state index in [4.69, 9.17) is 9.47 Å². The molecule has 0 aromatic heterocycles. The summed E-state index contributed by atoms with van der Waals surface area (Å²) in [5.74, 6) is -6.44. The summed E-state index contributed by atoms with van der Waals surface area (Å²) >= 11 is 0. The number of carbonyl (C=O) groups is 2. The molecule has 1 atom stereocenters. The molecule has 0 radical (unpaired) electrons. The van der Waals surface area contributed by atoms with Gasteiger partial charge in [0, 0.05) is 16.7 Å². The molecule has 13 nitrogen and oxygen atoms in total. The second-order valence-corrected chi connectivity index (χ2v) is 10.4. The number of carboxylic acids is 1. The Hall–Kier alpha value is -4.18. The summed E-state index contributed by atoms with van der Waals surface area (Å²) in [7, 11) is -10.8. The summed E-state index contributed by atoms with van der Waals surface area (Å²) < 4.78 is 81.2. The second kappa shape index (κ2) is 7.17. The van der Waals surface area contributed by atoms with E-state index >= 15 is 0 Å². The Morgan fingerprint density at radius 1 is 0.861 bits per heavy atom. The van der Waals surface area contributed by atoms with Crippen LogP contribution in [-0.4, -0.2) is 53.2 Å². The average molecular weight is 535 g/mol. The number of carbonyl (C=O) groups excluding carboxylic acids is 1. The number of carboxylic acid groups (broad SMARTS) is 1. The van der Waals surface area contributed by atoms with E-state index in [-0.39, 0.29) is 27.8 Å². The van der Waals surface area contributed by atoms with Crippen molar-refractivity contribution in [1.82, 2.24) is 0 Å². The summed E-state index contributed by atoms with van der Waals surface area (Å²) in [5.41, 5.74) is -3.62. The number of benzene rings is 3. The molecule has 4 N–H and O–H groups in total. The standard InChI is InChI=1S/C21H12O13S2/c22-13-5-3-11-15(17(13)35(27,28)29)33-16-12(4-6-14(23)18(16)36(30,31)32)21(11)10-2-1-8(19(24)25)7-9(10)20(26)34-21/h1-7,22-23H,(H,24,25)(H,27,28,29)(H,30,31,32)/p-1. The highest BCUT2D eigenvalue weighted by atomic mass is 32.2. The number of rotatable bonds is 3. The average Bonchev–Trinajstić information content (AvgIpc) is 3.04. The predicted octanol–water partition coefficient (Wildman–Crippen LogP) is 1.51. The third-order valence-corrected chi connectivity index (χ3v) is 7.57. The van der Waals surface area contributed by atoms with Gasteiger partial charge in [0.2, 0.25) is 0 Å². The van der Waals surface area contributed by atoms with Crippen molar-refractivity contribution in [2.24, 2.45) is 0 Å². The first-order valence-corrected chi connectivity index (χ1v) is 12.5. The van der Waals surface area contributed by atoms with Crippen LogP contribution in [0.1, 0.15) is 37.4 Å². The summed E-state index contributed by atoms with van der Waals surface area (Å²) in [6.45, 7) is 0. The number of esters is 1. The van der Waals surface area contributed by atoms with Gasteiger partial charge in [0.25, 0.3) is 0 Å². The SMILES string of the molecule is O=C(O)c1ccc2c(c1)C(=O)OC21c2ccc(O)c(S(=O)(=O)[O-])c2Oc2c1ccc(O)c2S(=O)(=O)O. The van der Waals surface area contributed by atoms with Crippen LogP contribution in [0.25, 0.3) is 0 Å². The lowest BCUT2D eigenvalue weighted by atomic mass is 9.77. The second-order valence-electron chi connectivity index (χ2n) is 7.75. The van der Waals surface area contributed by atoms with E-state index in [1.807, 2.05) is 0 Å². The van der Waals surface area contributed by atoms with Crippen LogP contribution in [0.5, 0.6) is 23.0 Å². The Morgan fingerprint density at radius 3 is 1.92 bits per heavy atom. The molecule has 15 heteroatoms. The number of ether oxygens (including phenoxy) is 2. The van der Waals surface area contributed by atoms with Crippen LogP contribution in [0.2, 0.25) is 0 Å². The first-order chi connectivity index (χ1) is 16.7. The fourth-order valence-electron chi connectivity index (χ4n) is 4.40. The molecule has 1 spiro atoms. The van der Waals surface area contributed by atoms with E-state index < -0.39 is 70.6 Å². The lowest BCUT2D eigenvalue weighted by Gasteiger charge is -2.38. The number of phenols is 2. The molecule has 36 heavy (non-hydrogen) atoms. The Bertz CT molecular complexity index is 1670. The van der Waals surface area contributed by atoms with Gasteiger partial charge in [-0.05, 0) is 36.4 Å². The topological polar surface area (TPSA) is 225 Å². The monoisotopic (exact) mass is 535 g/mol. The minimum Gasteiger partial charge on any atom is -0.744 e. The number of hydrogen-bond acceptors (Lipinski definition) is 11. The molecular weight excluding hydrogens is 524 g/mol. The van der Waals surface area contributed by atoms with Crippen LogP contribution in [0, 0.1) is 0 Å². The molecule has 0 saturated heterocycles. The normalized spacial score (nSPS) is 18.1. The summed E-state index contributed by atoms with van der Waals surface area (Å²) in [6, 6.07) is 6.97. The Balaban J connectivity index is 2.00. The molecule has 1 unspecified atom stereocenters. The maximum Gasteiger partial charge on any atom is 0.340 e. The number of phenolic OH excluding ortho intramolecular Hbond substituents is 2. The number of aromatic hydroxyl groups is 2. The summed E-state index contributed by atoms with van der Waals surface area (Å²) in [5, 5.41) is 29.7. The molecule has 3 aromatic carbocycles.